The maximum Gasteiger partial charge on any atom is 0.408 e. The molecule has 1 rings (SSSR count). The topological polar surface area (TPSA) is 131 Å². The SMILES string of the molecule is CCN(C(=O)C(CC(N)=O)NC(=O)OC(C)(C)C)C(C(=O)NC(C)(C)C)c1ccc(C)c(C)c1. The van der Waals surface area contributed by atoms with Gasteiger partial charge < -0.3 is 26.0 Å². The molecule has 0 heterocycles. The molecule has 190 valence electrons. The van der Waals surface area contributed by atoms with Gasteiger partial charge in [0, 0.05) is 12.1 Å². The number of hydrogen-bond acceptors (Lipinski definition) is 5. The Morgan fingerprint density at radius 3 is 2.06 bits per heavy atom. The Kier molecular flexibility index (Phi) is 9.66. The first-order valence-electron chi connectivity index (χ1n) is 11.4. The average Bonchev–Trinajstić information content (AvgIpc) is 2.64. The first-order chi connectivity index (χ1) is 15.4. The van der Waals surface area contributed by atoms with Crippen LogP contribution in [0.15, 0.2) is 18.2 Å². The maximum absolute atomic E-state index is 13.6. The molecule has 0 saturated carbocycles. The summed E-state index contributed by atoms with van der Waals surface area (Å²) in [7, 11) is 0. The van der Waals surface area contributed by atoms with Crippen LogP contribution in [-0.4, -0.2) is 52.4 Å². The Balaban J connectivity index is 3.45. The molecular formula is C25H40N4O5. The highest BCUT2D eigenvalue weighted by molar-refractivity contribution is 5.94. The van der Waals surface area contributed by atoms with Crippen molar-refractivity contribution in [3.8, 4) is 0 Å². The lowest BCUT2D eigenvalue weighted by atomic mass is 9.97. The summed E-state index contributed by atoms with van der Waals surface area (Å²) in [6.07, 6.45) is -1.29. The number of benzene rings is 1. The largest absolute Gasteiger partial charge is 0.444 e. The van der Waals surface area contributed by atoms with Crippen molar-refractivity contribution >= 4 is 23.8 Å². The van der Waals surface area contributed by atoms with Crippen molar-refractivity contribution in [1.29, 1.82) is 0 Å². The summed E-state index contributed by atoms with van der Waals surface area (Å²) >= 11 is 0. The average molecular weight is 477 g/mol. The Hall–Kier alpha value is -3.10. The standard InChI is InChI=1S/C25H40N4O5/c1-10-29(22(32)18(14-19(26)30)27-23(33)34-25(7,8)9)20(21(31)28-24(4,5)6)17-12-11-15(2)16(3)13-17/h11-13,18,20H,10,14H2,1-9H3,(H2,26,30)(H,27,33)(H,28,31). The van der Waals surface area contributed by atoms with Crippen molar-refractivity contribution in [2.24, 2.45) is 5.73 Å². The van der Waals surface area contributed by atoms with E-state index in [1.54, 1.807) is 33.8 Å². The van der Waals surface area contributed by atoms with Gasteiger partial charge in [-0.25, -0.2) is 4.79 Å². The molecule has 0 saturated heterocycles. The lowest BCUT2D eigenvalue weighted by molar-refractivity contribution is -0.143. The summed E-state index contributed by atoms with van der Waals surface area (Å²) in [5, 5.41) is 5.39. The lowest BCUT2D eigenvalue weighted by Gasteiger charge is -2.35. The highest BCUT2D eigenvalue weighted by atomic mass is 16.6. The van der Waals surface area contributed by atoms with Crippen LogP contribution in [-0.2, 0) is 19.1 Å². The van der Waals surface area contributed by atoms with Gasteiger partial charge in [-0.3, -0.25) is 14.4 Å². The van der Waals surface area contributed by atoms with E-state index in [1.807, 2.05) is 46.8 Å². The molecule has 2 unspecified atom stereocenters. The number of alkyl carbamates (subject to hydrolysis) is 1. The quantitative estimate of drug-likeness (QED) is 0.531. The van der Waals surface area contributed by atoms with Gasteiger partial charge >= 0.3 is 6.09 Å². The van der Waals surface area contributed by atoms with Crippen molar-refractivity contribution in [3.63, 3.8) is 0 Å². The van der Waals surface area contributed by atoms with Crippen molar-refractivity contribution in [2.45, 2.75) is 92.0 Å². The number of hydrogen-bond donors (Lipinski definition) is 3. The predicted octanol–water partition coefficient (Wildman–Crippen LogP) is 2.88. The molecule has 1 aromatic rings. The van der Waals surface area contributed by atoms with Gasteiger partial charge in [0.05, 0.1) is 6.42 Å². The maximum atomic E-state index is 13.6. The Bertz CT molecular complexity index is 915. The number of carbonyl (C=O) groups excluding carboxylic acids is 4. The third-order valence-corrected chi connectivity index (χ3v) is 4.92. The van der Waals surface area contributed by atoms with Crippen LogP contribution in [0, 0.1) is 13.8 Å². The molecule has 1 aromatic carbocycles. The Morgan fingerprint density at radius 1 is 1.03 bits per heavy atom. The molecule has 0 bridgehead atoms. The summed E-state index contributed by atoms with van der Waals surface area (Å²) in [5.41, 5.74) is 6.65. The van der Waals surface area contributed by atoms with Crippen LogP contribution in [0.25, 0.3) is 0 Å². The zero-order valence-corrected chi connectivity index (χ0v) is 21.9. The van der Waals surface area contributed by atoms with Gasteiger partial charge in [-0.2, -0.15) is 0 Å². The fourth-order valence-electron chi connectivity index (χ4n) is 3.36. The van der Waals surface area contributed by atoms with Crippen molar-refractivity contribution < 1.29 is 23.9 Å². The number of nitrogens with zero attached hydrogens (tertiary/aromatic N) is 1. The van der Waals surface area contributed by atoms with E-state index in [9.17, 15) is 19.2 Å². The van der Waals surface area contributed by atoms with E-state index in [4.69, 9.17) is 10.5 Å². The zero-order valence-electron chi connectivity index (χ0n) is 21.9. The molecule has 0 aromatic heterocycles. The minimum Gasteiger partial charge on any atom is -0.444 e. The molecule has 4 N–H and O–H groups in total. The van der Waals surface area contributed by atoms with Crippen LogP contribution >= 0.6 is 0 Å². The molecule has 0 fully saturated rings. The van der Waals surface area contributed by atoms with Crippen LogP contribution in [0.4, 0.5) is 4.79 Å². The number of rotatable bonds is 8. The Labute approximate surface area is 202 Å². The first kappa shape index (κ1) is 28.9. The Morgan fingerprint density at radius 2 is 1.62 bits per heavy atom. The van der Waals surface area contributed by atoms with Crippen LogP contribution in [0.2, 0.25) is 0 Å². The smallest absolute Gasteiger partial charge is 0.408 e. The molecule has 9 nitrogen and oxygen atoms in total. The molecular weight excluding hydrogens is 436 g/mol. The highest BCUT2D eigenvalue weighted by Gasteiger charge is 2.37. The van der Waals surface area contributed by atoms with E-state index < -0.39 is 47.6 Å². The van der Waals surface area contributed by atoms with Crippen LogP contribution in [0.5, 0.6) is 0 Å². The van der Waals surface area contributed by atoms with Gasteiger partial charge in [0.2, 0.25) is 17.7 Å². The summed E-state index contributed by atoms with van der Waals surface area (Å²) in [5.74, 6) is -1.76. The minimum atomic E-state index is -1.29. The predicted molar refractivity (Wildman–Crippen MR) is 131 cm³/mol. The van der Waals surface area contributed by atoms with Crippen molar-refractivity contribution in [3.05, 3.63) is 34.9 Å². The van der Waals surface area contributed by atoms with E-state index in [-0.39, 0.29) is 12.5 Å². The lowest BCUT2D eigenvalue weighted by Crippen LogP contribution is -2.55. The summed E-state index contributed by atoms with van der Waals surface area (Å²) in [6.45, 7) is 16.4. The van der Waals surface area contributed by atoms with Gasteiger partial charge in [-0.05, 0) is 79.0 Å². The molecule has 0 spiro atoms. The third kappa shape index (κ3) is 9.03. The second-order valence-electron chi connectivity index (χ2n) is 10.5. The van der Waals surface area contributed by atoms with Crippen molar-refractivity contribution in [1.82, 2.24) is 15.5 Å². The first-order valence-corrected chi connectivity index (χ1v) is 11.4. The van der Waals surface area contributed by atoms with Crippen molar-refractivity contribution in [2.75, 3.05) is 6.54 Å². The third-order valence-electron chi connectivity index (χ3n) is 4.92. The molecule has 0 aliphatic heterocycles. The number of primary amides is 1. The van der Waals surface area contributed by atoms with Gasteiger partial charge in [0.1, 0.15) is 17.7 Å². The molecule has 0 aliphatic carbocycles. The molecule has 4 amide bonds. The number of likely N-dealkylation sites (N-methyl/N-ethyl adjacent to an activating group) is 1. The fourth-order valence-corrected chi connectivity index (χ4v) is 3.36. The van der Waals surface area contributed by atoms with E-state index in [0.29, 0.717) is 5.56 Å². The van der Waals surface area contributed by atoms with E-state index in [1.165, 1.54) is 4.90 Å². The number of nitrogens with one attached hydrogen (secondary N) is 2. The molecule has 0 aliphatic rings. The molecule has 0 radical (unpaired) electrons. The minimum absolute atomic E-state index is 0.152. The normalized spacial score (nSPS) is 13.4. The molecule has 2 atom stereocenters. The fraction of sp³-hybridized carbons (Fsp3) is 0.600. The van der Waals surface area contributed by atoms with Gasteiger partial charge in [-0.1, -0.05) is 18.2 Å². The molecule has 34 heavy (non-hydrogen) atoms. The van der Waals surface area contributed by atoms with Gasteiger partial charge in [0.15, 0.2) is 0 Å². The number of nitrogens with two attached hydrogens (primary N) is 1. The van der Waals surface area contributed by atoms with E-state index in [2.05, 4.69) is 10.6 Å². The zero-order chi connectivity index (χ0) is 26.4. The van der Waals surface area contributed by atoms with Crippen LogP contribution in [0.1, 0.15) is 77.6 Å². The van der Waals surface area contributed by atoms with Gasteiger partial charge in [-0.15, -0.1) is 0 Å². The van der Waals surface area contributed by atoms with Gasteiger partial charge in [0.25, 0.3) is 0 Å². The van der Waals surface area contributed by atoms with Crippen LogP contribution in [0.3, 0.4) is 0 Å². The number of carbonyl (C=O) groups is 4. The monoisotopic (exact) mass is 476 g/mol. The summed E-state index contributed by atoms with van der Waals surface area (Å²) in [4.78, 5) is 52.5. The number of ether oxygens (including phenoxy) is 1. The van der Waals surface area contributed by atoms with Crippen LogP contribution < -0.4 is 16.4 Å². The second-order valence-corrected chi connectivity index (χ2v) is 10.5. The number of aryl methyl sites for hydroxylation is 2. The highest BCUT2D eigenvalue weighted by Crippen LogP contribution is 2.26. The molecule has 9 heteroatoms. The van der Waals surface area contributed by atoms with E-state index >= 15 is 0 Å². The summed E-state index contributed by atoms with van der Waals surface area (Å²) in [6, 6.07) is 3.29. The summed E-state index contributed by atoms with van der Waals surface area (Å²) < 4.78 is 5.25. The second kappa shape index (κ2) is 11.4. The number of amides is 4. The van der Waals surface area contributed by atoms with E-state index in [0.717, 1.165) is 11.1 Å².